The zero-order valence-electron chi connectivity index (χ0n) is 5.25. The summed E-state index contributed by atoms with van der Waals surface area (Å²) in [5.74, 6) is 0. The lowest BCUT2D eigenvalue weighted by atomic mass is 10.7. The highest BCUT2D eigenvalue weighted by atomic mass is 14.8. The van der Waals surface area contributed by atoms with Crippen molar-refractivity contribution in [2.24, 2.45) is 5.73 Å². The molecule has 0 aromatic carbocycles. The van der Waals surface area contributed by atoms with E-state index < -0.39 is 0 Å². The van der Waals surface area contributed by atoms with E-state index in [1.807, 2.05) is 0 Å². The Morgan fingerprint density at radius 3 is 2.56 bits per heavy atom. The van der Waals surface area contributed by atoms with Gasteiger partial charge < -0.3 is 10.7 Å². The third-order valence-corrected chi connectivity index (χ3v) is 0.573. The standard InChI is InChI=1S/C3H4N2.C3H7N/c1-2-5-3-4-1;1-2-3-4/h1-3H,(H,4,5);2H,1,3-4H2. The van der Waals surface area contributed by atoms with E-state index in [2.05, 4.69) is 16.5 Å². The van der Waals surface area contributed by atoms with Gasteiger partial charge in [0.15, 0.2) is 0 Å². The highest BCUT2D eigenvalue weighted by Crippen LogP contribution is 1.62. The maximum absolute atomic E-state index is 4.91. The van der Waals surface area contributed by atoms with Crippen molar-refractivity contribution in [3.63, 3.8) is 0 Å². The summed E-state index contributed by atoms with van der Waals surface area (Å²) < 4.78 is 0. The Bertz CT molecular complexity index is 106. The maximum Gasteiger partial charge on any atom is 0.0919 e. The van der Waals surface area contributed by atoms with Gasteiger partial charge in [0.1, 0.15) is 0 Å². The molecule has 0 saturated heterocycles. The van der Waals surface area contributed by atoms with Crippen molar-refractivity contribution in [2.45, 2.75) is 0 Å². The Morgan fingerprint density at radius 2 is 2.44 bits per heavy atom. The molecule has 0 amide bonds. The number of hydrogen-bond acceptors (Lipinski definition) is 2. The molecule has 0 atom stereocenters. The van der Waals surface area contributed by atoms with Crippen molar-refractivity contribution < 1.29 is 0 Å². The van der Waals surface area contributed by atoms with Crippen LogP contribution in [0.15, 0.2) is 31.4 Å². The van der Waals surface area contributed by atoms with Crippen molar-refractivity contribution in [2.75, 3.05) is 6.54 Å². The fourth-order valence-corrected chi connectivity index (χ4v) is 0.215. The Balaban J connectivity index is 0.000000148. The van der Waals surface area contributed by atoms with Crippen LogP contribution in [0.4, 0.5) is 0 Å². The number of imidazole rings is 1. The fraction of sp³-hybridized carbons (Fsp3) is 0.167. The lowest BCUT2D eigenvalue weighted by Gasteiger charge is -1.61. The monoisotopic (exact) mass is 125 g/mol. The van der Waals surface area contributed by atoms with Crippen molar-refractivity contribution in [1.82, 2.24) is 9.97 Å². The van der Waals surface area contributed by atoms with Crippen LogP contribution in [0.25, 0.3) is 0 Å². The molecule has 0 aliphatic rings. The predicted molar refractivity (Wildman–Crippen MR) is 37.8 cm³/mol. The summed E-state index contributed by atoms with van der Waals surface area (Å²) in [5, 5.41) is 0. The summed E-state index contributed by atoms with van der Waals surface area (Å²) >= 11 is 0. The van der Waals surface area contributed by atoms with E-state index in [1.165, 1.54) is 0 Å². The van der Waals surface area contributed by atoms with Gasteiger partial charge in [0.25, 0.3) is 0 Å². The van der Waals surface area contributed by atoms with Crippen molar-refractivity contribution in [3.8, 4) is 0 Å². The topological polar surface area (TPSA) is 54.7 Å². The lowest BCUT2D eigenvalue weighted by molar-refractivity contribution is 1.26. The first kappa shape index (κ1) is 7.91. The smallest absolute Gasteiger partial charge is 0.0919 e. The number of H-pyrrole nitrogens is 1. The van der Waals surface area contributed by atoms with E-state index in [4.69, 9.17) is 5.73 Å². The van der Waals surface area contributed by atoms with Gasteiger partial charge in [0.05, 0.1) is 6.33 Å². The molecule has 3 nitrogen and oxygen atoms in total. The van der Waals surface area contributed by atoms with Gasteiger partial charge in [-0.2, -0.15) is 0 Å². The molecule has 1 aromatic rings. The fourth-order valence-electron chi connectivity index (χ4n) is 0.215. The van der Waals surface area contributed by atoms with Crippen LogP contribution in [0.3, 0.4) is 0 Å². The Morgan fingerprint density at radius 1 is 1.78 bits per heavy atom. The molecule has 3 N–H and O–H groups in total. The summed E-state index contributed by atoms with van der Waals surface area (Å²) in [6.07, 6.45) is 6.74. The molecule has 0 aliphatic heterocycles. The van der Waals surface area contributed by atoms with Gasteiger partial charge in [-0.1, -0.05) is 6.08 Å². The Labute approximate surface area is 54.6 Å². The van der Waals surface area contributed by atoms with E-state index in [0.717, 1.165) is 0 Å². The molecule has 50 valence electrons. The molecule has 0 spiro atoms. The first-order chi connectivity index (χ1) is 4.41. The SMILES string of the molecule is C=CCN.c1c[nH]cn1. The number of nitrogens with two attached hydrogens (primary N) is 1. The number of aromatic nitrogens is 2. The second-order valence-corrected chi connectivity index (χ2v) is 1.28. The molecule has 3 heteroatoms. The zero-order chi connectivity index (χ0) is 6.95. The van der Waals surface area contributed by atoms with E-state index in [0.29, 0.717) is 6.54 Å². The molecule has 1 rings (SSSR count). The third kappa shape index (κ3) is 6.91. The number of nitrogens with one attached hydrogen (secondary N) is 1. The molecule has 0 radical (unpaired) electrons. The quantitative estimate of drug-likeness (QED) is 0.538. The van der Waals surface area contributed by atoms with Gasteiger partial charge in [-0.3, -0.25) is 0 Å². The van der Waals surface area contributed by atoms with Crippen molar-refractivity contribution in [3.05, 3.63) is 31.4 Å². The molecule has 0 fully saturated rings. The molecular weight excluding hydrogens is 114 g/mol. The molecule has 9 heavy (non-hydrogen) atoms. The first-order valence-corrected chi connectivity index (χ1v) is 2.65. The number of hydrogen-bond donors (Lipinski definition) is 2. The van der Waals surface area contributed by atoms with Gasteiger partial charge in [0.2, 0.25) is 0 Å². The van der Waals surface area contributed by atoms with Crippen LogP contribution in [0, 0.1) is 0 Å². The van der Waals surface area contributed by atoms with Crippen molar-refractivity contribution in [1.29, 1.82) is 0 Å². The highest BCUT2D eigenvalue weighted by molar-refractivity contribution is 4.65. The molecule has 0 saturated carbocycles. The van der Waals surface area contributed by atoms with Crippen LogP contribution in [0.1, 0.15) is 0 Å². The van der Waals surface area contributed by atoms with Crippen LogP contribution >= 0.6 is 0 Å². The molecule has 0 unspecified atom stereocenters. The second kappa shape index (κ2) is 6.91. The second-order valence-electron chi connectivity index (χ2n) is 1.28. The summed E-state index contributed by atoms with van der Waals surface area (Å²) in [5.41, 5.74) is 4.91. The Kier molecular flexibility index (Phi) is 6.07. The van der Waals surface area contributed by atoms with Crippen molar-refractivity contribution >= 4 is 0 Å². The summed E-state index contributed by atoms with van der Waals surface area (Å²) in [6, 6.07) is 0. The maximum atomic E-state index is 4.91. The van der Waals surface area contributed by atoms with E-state index in [1.54, 1.807) is 24.8 Å². The molecule has 1 heterocycles. The minimum Gasteiger partial charge on any atom is -0.351 e. The summed E-state index contributed by atoms with van der Waals surface area (Å²) in [6.45, 7) is 3.94. The summed E-state index contributed by atoms with van der Waals surface area (Å²) in [4.78, 5) is 6.42. The zero-order valence-corrected chi connectivity index (χ0v) is 5.25. The van der Waals surface area contributed by atoms with E-state index in [9.17, 15) is 0 Å². The minimum absolute atomic E-state index is 0.583. The van der Waals surface area contributed by atoms with E-state index >= 15 is 0 Å². The molecule has 0 bridgehead atoms. The number of nitrogens with zero attached hydrogens (tertiary/aromatic N) is 1. The van der Waals surface area contributed by atoms with Crippen LogP contribution in [-0.4, -0.2) is 16.5 Å². The average Bonchev–Trinajstić information content (AvgIpc) is 2.43. The first-order valence-electron chi connectivity index (χ1n) is 2.65. The predicted octanol–water partition coefficient (Wildman–Crippen LogP) is 0.541. The van der Waals surface area contributed by atoms with Crippen LogP contribution in [0.5, 0.6) is 0 Å². The van der Waals surface area contributed by atoms with Crippen LogP contribution in [-0.2, 0) is 0 Å². The largest absolute Gasteiger partial charge is 0.351 e. The molecule has 0 aliphatic carbocycles. The van der Waals surface area contributed by atoms with Gasteiger partial charge in [-0.05, 0) is 0 Å². The van der Waals surface area contributed by atoms with Gasteiger partial charge in [-0.15, -0.1) is 6.58 Å². The number of aromatic amines is 1. The van der Waals surface area contributed by atoms with Crippen LogP contribution in [0.2, 0.25) is 0 Å². The lowest BCUT2D eigenvalue weighted by Crippen LogP contribution is -1.90. The number of rotatable bonds is 1. The minimum atomic E-state index is 0.583. The Hall–Kier alpha value is -1.09. The average molecular weight is 125 g/mol. The summed E-state index contributed by atoms with van der Waals surface area (Å²) in [7, 11) is 0. The molecule has 1 aromatic heterocycles. The van der Waals surface area contributed by atoms with Gasteiger partial charge >= 0.3 is 0 Å². The van der Waals surface area contributed by atoms with Gasteiger partial charge in [0, 0.05) is 18.9 Å². The van der Waals surface area contributed by atoms with Crippen LogP contribution < -0.4 is 5.73 Å². The third-order valence-electron chi connectivity index (χ3n) is 0.573. The van der Waals surface area contributed by atoms with Gasteiger partial charge in [-0.25, -0.2) is 4.98 Å². The van der Waals surface area contributed by atoms with E-state index in [-0.39, 0.29) is 0 Å². The molecular formula is C6H11N3. The normalized spacial score (nSPS) is 7.22. The highest BCUT2D eigenvalue weighted by Gasteiger charge is 1.56.